The number of carbonyl (C=O) groups excluding carboxylic acids is 1. The van der Waals surface area contributed by atoms with Crippen molar-refractivity contribution in [2.45, 2.75) is 6.10 Å². The number of carbonyl (C=O) groups is 1. The minimum Gasteiger partial charge on any atom is -0.374 e. The van der Waals surface area contributed by atoms with Gasteiger partial charge in [0.1, 0.15) is 0 Å². The lowest BCUT2D eigenvalue weighted by Crippen LogP contribution is -2.45. The largest absolute Gasteiger partial charge is 0.374 e. The first-order valence-corrected chi connectivity index (χ1v) is 6.85. The SMILES string of the molecule is CN1CCOC(CNC(=O)c2ccc(Cl)c(Cl)c2)C1. The van der Waals surface area contributed by atoms with Crippen molar-refractivity contribution in [3.05, 3.63) is 33.8 Å². The van der Waals surface area contributed by atoms with Crippen molar-refractivity contribution >= 4 is 29.1 Å². The highest BCUT2D eigenvalue weighted by atomic mass is 35.5. The molecule has 1 N–H and O–H groups in total. The van der Waals surface area contributed by atoms with E-state index in [2.05, 4.69) is 10.2 Å². The summed E-state index contributed by atoms with van der Waals surface area (Å²) in [6.45, 7) is 2.94. The van der Waals surface area contributed by atoms with Crippen LogP contribution in [0.1, 0.15) is 10.4 Å². The molecule has 1 aromatic rings. The molecule has 4 nitrogen and oxygen atoms in total. The van der Waals surface area contributed by atoms with Crippen LogP contribution in [0.5, 0.6) is 0 Å². The summed E-state index contributed by atoms with van der Waals surface area (Å²) in [4.78, 5) is 14.1. The van der Waals surface area contributed by atoms with E-state index in [1.807, 2.05) is 7.05 Å². The van der Waals surface area contributed by atoms with Gasteiger partial charge in [-0.3, -0.25) is 4.79 Å². The summed E-state index contributed by atoms with van der Waals surface area (Å²) < 4.78 is 5.57. The molecule has 104 valence electrons. The number of hydrogen-bond acceptors (Lipinski definition) is 3. The molecule has 1 saturated heterocycles. The second-order valence-corrected chi connectivity index (χ2v) is 5.41. The molecule has 1 unspecified atom stereocenters. The van der Waals surface area contributed by atoms with Crippen LogP contribution in [0.4, 0.5) is 0 Å². The Morgan fingerprint density at radius 2 is 2.26 bits per heavy atom. The fourth-order valence-corrected chi connectivity index (χ4v) is 2.23. The van der Waals surface area contributed by atoms with Crippen molar-refractivity contribution in [2.75, 3.05) is 33.3 Å². The molecule has 0 spiro atoms. The second kappa shape index (κ2) is 6.57. The first-order valence-electron chi connectivity index (χ1n) is 6.09. The topological polar surface area (TPSA) is 41.6 Å². The summed E-state index contributed by atoms with van der Waals surface area (Å²) in [5.41, 5.74) is 0.499. The standard InChI is InChI=1S/C13H16Cl2N2O2/c1-17-4-5-19-10(8-17)7-16-13(18)9-2-3-11(14)12(15)6-9/h2-3,6,10H,4-5,7-8H2,1H3,(H,16,18). The molecule has 2 rings (SSSR count). The molecular weight excluding hydrogens is 287 g/mol. The highest BCUT2D eigenvalue weighted by Crippen LogP contribution is 2.22. The number of hydrogen-bond donors (Lipinski definition) is 1. The number of benzene rings is 1. The first kappa shape index (κ1) is 14.6. The van der Waals surface area contributed by atoms with E-state index in [4.69, 9.17) is 27.9 Å². The Morgan fingerprint density at radius 1 is 1.47 bits per heavy atom. The lowest BCUT2D eigenvalue weighted by molar-refractivity contribution is -0.0175. The smallest absolute Gasteiger partial charge is 0.251 e. The molecule has 19 heavy (non-hydrogen) atoms. The van der Waals surface area contributed by atoms with Crippen LogP contribution in [-0.2, 0) is 4.74 Å². The van der Waals surface area contributed by atoms with Gasteiger partial charge in [-0.2, -0.15) is 0 Å². The van der Waals surface area contributed by atoms with E-state index in [0.29, 0.717) is 28.8 Å². The molecule has 6 heteroatoms. The van der Waals surface area contributed by atoms with Gasteiger partial charge in [-0.25, -0.2) is 0 Å². The Kier molecular flexibility index (Phi) is 5.05. The van der Waals surface area contributed by atoms with Crippen LogP contribution in [0.2, 0.25) is 10.0 Å². The summed E-state index contributed by atoms with van der Waals surface area (Å²) in [7, 11) is 2.04. The summed E-state index contributed by atoms with van der Waals surface area (Å²) in [5, 5.41) is 3.66. The van der Waals surface area contributed by atoms with Crippen LogP contribution in [0.15, 0.2) is 18.2 Å². The van der Waals surface area contributed by atoms with Crippen molar-refractivity contribution in [2.24, 2.45) is 0 Å². The highest BCUT2D eigenvalue weighted by Gasteiger charge is 2.18. The van der Waals surface area contributed by atoms with Gasteiger partial charge in [-0.05, 0) is 25.2 Å². The molecule has 0 saturated carbocycles. The van der Waals surface area contributed by atoms with Crippen LogP contribution in [0.3, 0.4) is 0 Å². The van der Waals surface area contributed by atoms with Gasteiger partial charge in [0.05, 0.1) is 22.8 Å². The molecule has 1 aliphatic rings. The van der Waals surface area contributed by atoms with E-state index in [9.17, 15) is 4.79 Å². The minimum absolute atomic E-state index is 0.0328. The van der Waals surface area contributed by atoms with Crippen LogP contribution in [0, 0.1) is 0 Å². The zero-order valence-corrected chi connectivity index (χ0v) is 12.2. The van der Waals surface area contributed by atoms with Crippen LogP contribution in [0.25, 0.3) is 0 Å². The number of nitrogens with one attached hydrogen (secondary N) is 1. The maximum absolute atomic E-state index is 12.0. The average molecular weight is 303 g/mol. The molecule has 0 aromatic heterocycles. The van der Waals surface area contributed by atoms with Crippen molar-refractivity contribution in [3.8, 4) is 0 Å². The van der Waals surface area contributed by atoms with E-state index >= 15 is 0 Å². The molecule has 0 aliphatic carbocycles. The lowest BCUT2D eigenvalue weighted by Gasteiger charge is -2.30. The first-order chi connectivity index (χ1) is 9.06. The maximum Gasteiger partial charge on any atom is 0.251 e. The number of morpholine rings is 1. The van der Waals surface area contributed by atoms with Crippen molar-refractivity contribution in [3.63, 3.8) is 0 Å². The summed E-state index contributed by atoms with van der Waals surface area (Å²) >= 11 is 11.7. The Morgan fingerprint density at radius 3 is 2.95 bits per heavy atom. The monoisotopic (exact) mass is 302 g/mol. The third-order valence-corrected chi connectivity index (χ3v) is 3.75. The third-order valence-electron chi connectivity index (χ3n) is 3.01. The van der Waals surface area contributed by atoms with E-state index in [-0.39, 0.29) is 12.0 Å². The molecule has 1 heterocycles. The number of nitrogens with zero attached hydrogens (tertiary/aromatic N) is 1. The predicted molar refractivity (Wildman–Crippen MR) is 76.0 cm³/mol. The average Bonchev–Trinajstić information content (AvgIpc) is 2.39. The Balaban J connectivity index is 1.88. The number of ether oxygens (including phenoxy) is 1. The maximum atomic E-state index is 12.0. The quantitative estimate of drug-likeness (QED) is 0.929. The number of likely N-dealkylation sites (N-methyl/N-ethyl adjacent to an activating group) is 1. The molecule has 0 radical (unpaired) electrons. The summed E-state index contributed by atoms with van der Waals surface area (Å²) in [6, 6.07) is 4.83. The highest BCUT2D eigenvalue weighted by molar-refractivity contribution is 6.42. The minimum atomic E-state index is -0.171. The normalized spacial score (nSPS) is 20.3. The molecule has 1 amide bonds. The zero-order chi connectivity index (χ0) is 13.8. The number of amides is 1. The lowest BCUT2D eigenvalue weighted by atomic mass is 10.2. The van der Waals surface area contributed by atoms with Gasteiger partial charge in [0, 0.05) is 25.2 Å². The van der Waals surface area contributed by atoms with E-state index < -0.39 is 0 Å². The fourth-order valence-electron chi connectivity index (χ4n) is 1.94. The predicted octanol–water partition coefficient (Wildman–Crippen LogP) is 2.05. The van der Waals surface area contributed by atoms with Gasteiger partial charge in [-0.1, -0.05) is 23.2 Å². The molecule has 0 bridgehead atoms. The van der Waals surface area contributed by atoms with E-state index in [0.717, 1.165) is 13.1 Å². The van der Waals surface area contributed by atoms with Crippen LogP contribution < -0.4 is 5.32 Å². The fraction of sp³-hybridized carbons (Fsp3) is 0.462. The number of rotatable bonds is 3. The van der Waals surface area contributed by atoms with Gasteiger partial charge in [-0.15, -0.1) is 0 Å². The second-order valence-electron chi connectivity index (χ2n) is 4.59. The van der Waals surface area contributed by atoms with Gasteiger partial charge in [0.25, 0.3) is 5.91 Å². The zero-order valence-electron chi connectivity index (χ0n) is 10.7. The molecule has 1 atom stereocenters. The van der Waals surface area contributed by atoms with Gasteiger partial charge in [0.15, 0.2) is 0 Å². The Labute approximate surface area is 122 Å². The van der Waals surface area contributed by atoms with Crippen molar-refractivity contribution in [1.82, 2.24) is 10.2 Å². The third kappa shape index (κ3) is 4.08. The van der Waals surface area contributed by atoms with Gasteiger partial charge >= 0.3 is 0 Å². The molecule has 1 fully saturated rings. The molecular formula is C13H16Cl2N2O2. The Bertz CT molecular complexity index is 468. The van der Waals surface area contributed by atoms with E-state index in [1.165, 1.54) is 0 Å². The summed E-state index contributed by atoms with van der Waals surface area (Å²) in [5.74, 6) is -0.171. The summed E-state index contributed by atoms with van der Waals surface area (Å²) in [6.07, 6.45) is 0.0328. The van der Waals surface area contributed by atoms with E-state index in [1.54, 1.807) is 18.2 Å². The van der Waals surface area contributed by atoms with Crippen molar-refractivity contribution < 1.29 is 9.53 Å². The van der Waals surface area contributed by atoms with Crippen LogP contribution >= 0.6 is 23.2 Å². The van der Waals surface area contributed by atoms with Crippen molar-refractivity contribution in [1.29, 1.82) is 0 Å². The van der Waals surface area contributed by atoms with Crippen LogP contribution in [-0.4, -0.2) is 50.2 Å². The van der Waals surface area contributed by atoms with Gasteiger partial charge < -0.3 is 15.0 Å². The molecule has 1 aromatic carbocycles. The molecule has 1 aliphatic heterocycles. The number of halogens is 2. The van der Waals surface area contributed by atoms with Gasteiger partial charge in [0.2, 0.25) is 0 Å². The Hall–Kier alpha value is -0.810.